The number of thiocarbonyl (C=S) groups is 1. The third-order valence-electron chi connectivity index (χ3n) is 4.70. The van der Waals surface area contributed by atoms with Crippen molar-refractivity contribution in [2.45, 2.75) is 13.8 Å². The molecule has 0 aliphatic heterocycles. The predicted molar refractivity (Wildman–Crippen MR) is 139 cm³/mol. The van der Waals surface area contributed by atoms with Crippen LogP contribution in [0.25, 0.3) is 10.4 Å². The van der Waals surface area contributed by atoms with E-state index in [0.717, 1.165) is 10.4 Å². The Hall–Kier alpha value is -3.76. The number of benzene rings is 2. The van der Waals surface area contributed by atoms with E-state index >= 15 is 0 Å². The van der Waals surface area contributed by atoms with Crippen molar-refractivity contribution in [2.24, 2.45) is 0 Å². The molecule has 182 valence electrons. The van der Waals surface area contributed by atoms with Gasteiger partial charge in [0.1, 0.15) is 5.00 Å². The van der Waals surface area contributed by atoms with E-state index in [2.05, 4.69) is 10.6 Å². The summed E-state index contributed by atoms with van der Waals surface area (Å²) < 4.78 is 15.1. The molecule has 2 aromatic carbocycles. The van der Waals surface area contributed by atoms with Crippen molar-refractivity contribution in [3.8, 4) is 10.4 Å². The molecular weight excluding hydrogens is 488 g/mol. The minimum Gasteiger partial charge on any atom is -0.465 e. The van der Waals surface area contributed by atoms with Gasteiger partial charge in [-0.05, 0) is 55.9 Å². The molecule has 0 spiro atoms. The molecular formula is C25H24N2O6S2. The normalized spacial score (nSPS) is 10.3. The van der Waals surface area contributed by atoms with Gasteiger partial charge in [-0.15, -0.1) is 11.3 Å². The highest BCUT2D eigenvalue weighted by Crippen LogP contribution is 2.36. The third kappa shape index (κ3) is 6.43. The second-order valence-corrected chi connectivity index (χ2v) is 8.45. The lowest BCUT2D eigenvalue weighted by Gasteiger charge is -2.14. The highest BCUT2D eigenvalue weighted by Gasteiger charge is 2.21. The van der Waals surface area contributed by atoms with E-state index in [4.69, 9.17) is 26.4 Å². The Bertz CT molecular complexity index is 1240. The summed E-state index contributed by atoms with van der Waals surface area (Å²) in [7, 11) is 1.30. The predicted octanol–water partition coefficient (Wildman–Crippen LogP) is 5.36. The van der Waals surface area contributed by atoms with Crippen LogP contribution in [0.5, 0.6) is 0 Å². The number of carbonyl (C=O) groups excluding carboxylic acids is 3. The van der Waals surface area contributed by atoms with E-state index in [1.165, 1.54) is 36.6 Å². The third-order valence-corrected chi connectivity index (χ3v) is 6.00. The summed E-state index contributed by atoms with van der Waals surface area (Å²) in [5, 5.41) is 6.51. The van der Waals surface area contributed by atoms with Crippen molar-refractivity contribution in [3.63, 3.8) is 0 Å². The van der Waals surface area contributed by atoms with Gasteiger partial charge in [0, 0.05) is 4.88 Å². The molecule has 10 heteroatoms. The van der Waals surface area contributed by atoms with E-state index in [1.54, 1.807) is 19.9 Å². The number of nitrogens with one attached hydrogen (secondary N) is 2. The average molecular weight is 513 g/mol. The van der Waals surface area contributed by atoms with Crippen LogP contribution in [0.4, 0.5) is 10.7 Å². The Morgan fingerprint density at radius 2 is 1.54 bits per heavy atom. The number of esters is 3. The van der Waals surface area contributed by atoms with Gasteiger partial charge in [-0.25, -0.2) is 14.4 Å². The van der Waals surface area contributed by atoms with Gasteiger partial charge in [-0.2, -0.15) is 0 Å². The molecule has 0 aliphatic carbocycles. The Morgan fingerprint density at radius 3 is 2.20 bits per heavy atom. The van der Waals surface area contributed by atoms with Crippen molar-refractivity contribution < 1.29 is 28.6 Å². The van der Waals surface area contributed by atoms with Gasteiger partial charge in [0.15, 0.2) is 5.11 Å². The first kappa shape index (κ1) is 25.9. The van der Waals surface area contributed by atoms with Crippen LogP contribution in [0.2, 0.25) is 0 Å². The molecule has 35 heavy (non-hydrogen) atoms. The molecule has 8 nitrogen and oxygen atoms in total. The molecule has 0 bridgehead atoms. The molecule has 0 unspecified atom stereocenters. The van der Waals surface area contributed by atoms with Crippen LogP contribution in [0.3, 0.4) is 0 Å². The maximum absolute atomic E-state index is 12.5. The molecule has 0 atom stereocenters. The lowest BCUT2D eigenvalue weighted by Crippen LogP contribution is -2.22. The van der Waals surface area contributed by atoms with Crippen molar-refractivity contribution in [1.82, 2.24) is 0 Å². The highest BCUT2D eigenvalue weighted by atomic mass is 32.1. The first-order chi connectivity index (χ1) is 16.9. The van der Waals surface area contributed by atoms with Gasteiger partial charge in [-0.3, -0.25) is 0 Å². The van der Waals surface area contributed by atoms with E-state index in [-0.39, 0.29) is 35.1 Å². The van der Waals surface area contributed by atoms with Crippen molar-refractivity contribution in [2.75, 3.05) is 31.0 Å². The summed E-state index contributed by atoms with van der Waals surface area (Å²) in [6, 6.07) is 15.7. The van der Waals surface area contributed by atoms with Crippen LogP contribution < -0.4 is 10.6 Å². The summed E-state index contributed by atoms with van der Waals surface area (Å²) in [5.74, 6) is -1.64. The quantitative estimate of drug-likeness (QED) is 0.234. The van der Waals surface area contributed by atoms with Crippen LogP contribution in [-0.2, 0) is 14.2 Å². The molecule has 1 heterocycles. The van der Waals surface area contributed by atoms with Crippen LogP contribution in [0, 0.1) is 0 Å². The molecule has 0 saturated heterocycles. The van der Waals surface area contributed by atoms with Crippen LogP contribution in [0.15, 0.2) is 54.6 Å². The van der Waals surface area contributed by atoms with Gasteiger partial charge in [0.05, 0.1) is 42.7 Å². The maximum Gasteiger partial charge on any atom is 0.340 e. The molecule has 3 aromatic rings. The topological polar surface area (TPSA) is 103 Å². The fourth-order valence-electron chi connectivity index (χ4n) is 3.12. The summed E-state index contributed by atoms with van der Waals surface area (Å²) in [6.45, 7) is 3.78. The summed E-state index contributed by atoms with van der Waals surface area (Å²) in [6.07, 6.45) is 0. The Labute approximate surface area is 212 Å². The maximum atomic E-state index is 12.5. The molecule has 0 radical (unpaired) electrons. The molecule has 3 rings (SSSR count). The number of carbonyl (C=O) groups is 3. The summed E-state index contributed by atoms with van der Waals surface area (Å²) in [4.78, 5) is 37.9. The molecule has 0 saturated carbocycles. The zero-order valence-electron chi connectivity index (χ0n) is 19.4. The minimum atomic E-state index is -0.578. The lowest BCUT2D eigenvalue weighted by atomic mass is 10.1. The first-order valence-electron chi connectivity index (χ1n) is 10.7. The van der Waals surface area contributed by atoms with E-state index in [0.29, 0.717) is 10.6 Å². The Balaban J connectivity index is 1.91. The van der Waals surface area contributed by atoms with Crippen molar-refractivity contribution in [3.05, 3.63) is 71.3 Å². The zero-order valence-corrected chi connectivity index (χ0v) is 21.0. The fourth-order valence-corrected chi connectivity index (χ4v) is 4.46. The first-order valence-corrected chi connectivity index (χ1v) is 11.9. The largest absolute Gasteiger partial charge is 0.465 e. The number of rotatable bonds is 8. The molecule has 0 aliphatic rings. The van der Waals surface area contributed by atoms with Gasteiger partial charge < -0.3 is 24.8 Å². The van der Waals surface area contributed by atoms with Crippen LogP contribution in [0.1, 0.15) is 44.9 Å². The minimum absolute atomic E-state index is 0.100. The fraction of sp³-hybridized carbons (Fsp3) is 0.200. The summed E-state index contributed by atoms with van der Waals surface area (Å²) >= 11 is 6.78. The van der Waals surface area contributed by atoms with Gasteiger partial charge >= 0.3 is 17.9 Å². The Morgan fingerprint density at radius 1 is 0.857 bits per heavy atom. The Kier molecular flexibility index (Phi) is 8.93. The number of methoxy groups -OCH3 is 1. The van der Waals surface area contributed by atoms with Gasteiger partial charge in [0.25, 0.3) is 0 Å². The molecule has 0 fully saturated rings. The number of thiophene rings is 1. The van der Waals surface area contributed by atoms with E-state index in [1.807, 2.05) is 30.3 Å². The van der Waals surface area contributed by atoms with Crippen molar-refractivity contribution in [1.29, 1.82) is 0 Å². The van der Waals surface area contributed by atoms with Gasteiger partial charge in [0.2, 0.25) is 0 Å². The van der Waals surface area contributed by atoms with Gasteiger partial charge in [-0.1, -0.05) is 30.3 Å². The second kappa shape index (κ2) is 12.1. The van der Waals surface area contributed by atoms with E-state index < -0.39 is 17.9 Å². The monoisotopic (exact) mass is 512 g/mol. The van der Waals surface area contributed by atoms with E-state index in [9.17, 15) is 14.4 Å². The smallest absolute Gasteiger partial charge is 0.340 e. The second-order valence-electron chi connectivity index (χ2n) is 6.99. The number of hydrogen-bond donors (Lipinski definition) is 2. The average Bonchev–Trinajstić information content (AvgIpc) is 3.27. The molecule has 2 N–H and O–H groups in total. The number of ether oxygens (including phenoxy) is 3. The van der Waals surface area contributed by atoms with Crippen LogP contribution >= 0.6 is 23.6 Å². The summed E-state index contributed by atoms with van der Waals surface area (Å²) in [5.41, 5.74) is 1.93. The lowest BCUT2D eigenvalue weighted by molar-refractivity contribution is 0.0512. The SMILES string of the molecule is CCOC(=O)c1ccc(C(=O)OCC)c(NC(=S)Nc2sc(-c3ccccc3)cc2C(=O)OC)c1. The highest BCUT2D eigenvalue weighted by molar-refractivity contribution is 7.80. The van der Waals surface area contributed by atoms with Crippen molar-refractivity contribution >= 4 is 57.3 Å². The molecule has 1 aromatic heterocycles. The standard InChI is InChI=1S/C25H24N2O6S2/c1-4-32-22(28)16-11-12-17(24(30)33-5-2)19(13-16)26-25(34)27-21-18(23(29)31-3)14-20(35-21)15-9-7-6-8-10-15/h6-14H,4-5H2,1-3H3,(H2,26,27,34). The number of anilines is 2. The van der Waals surface area contributed by atoms with Crippen LogP contribution in [-0.4, -0.2) is 43.3 Å². The zero-order chi connectivity index (χ0) is 25.4. The molecule has 0 amide bonds. The number of hydrogen-bond acceptors (Lipinski definition) is 8.